The summed E-state index contributed by atoms with van der Waals surface area (Å²) in [6, 6.07) is 0.107. The quantitative estimate of drug-likeness (QED) is 0.749. The van der Waals surface area contributed by atoms with Crippen molar-refractivity contribution in [1.29, 1.82) is 0 Å². The monoisotopic (exact) mass is 417 g/mol. The molecular weight excluding hydrogens is 382 g/mol. The van der Waals surface area contributed by atoms with E-state index in [-0.39, 0.29) is 24.4 Å². The number of hydrogen-bond donors (Lipinski definition) is 1. The molecular formula is C22H35N5O3. The lowest BCUT2D eigenvalue weighted by Crippen LogP contribution is -2.48. The highest BCUT2D eigenvalue weighted by atomic mass is 16.2. The topological polar surface area (TPSA) is 90.9 Å². The molecule has 166 valence electrons. The van der Waals surface area contributed by atoms with Gasteiger partial charge in [-0.05, 0) is 30.6 Å². The van der Waals surface area contributed by atoms with E-state index in [0.717, 1.165) is 23.8 Å². The van der Waals surface area contributed by atoms with Crippen LogP contribution in [-0.4, -0.2) is 30.6 Å². The van der Waals surface area contributed by atoms with E-state index in [2.05, 4.69) is 31.1 Å². The molecule has 2 aromatic heterocycles. The number of carbonyl (C=O) groups excluding carboxylic acids is 1. The molecule has 8 heteroatoms. The van der Waals surface area contributed by atoms with Crippen molar-refractivity contribution in [2.45, 2.75) is 86.0 Å². The van der Waals surface area contributed by atoms with Gasteiger partial charge in [-0.15, -0.1) is 0 Å². The fourth-order valence-electron chi connectivity index (χ4n) is 4.37. The van der Waals surface area contributed by atoms with Gasteiger partial charge in [0.25, 0.3) is 5.56 Å². The summed E-state index contributed by atoms with van der Waals surface area (Å²) in [7, 11) is 0. The van der Waals surface area contributed by atoms with Crippen LogP contribution in [0.15, 0.2) is 15.9 Å². The van der Waals surface area contributed by atoms with Gasteiger partial charge in [-0.3, -0.25) is 14.2 Å². The van der Waals surface area contributed by atoms with Gasteiger partial charge in [0, 0.05) is 19.1 Å². The van der Waals surface area contributed by atoms with Crippen molar-refractivity contribution in [3.8, 4) is 0 Å². The third-order valence-electron chi connectivity index (χ3n) is 5.85. The molecule has 1 fully saturated rings. The van der Waals surface area contributed by atoms with Crippen molar-refractivity contribution in [2.75, 3.05) is 0 Å². The van der Waals surface area contributed by atoms with E-state index in [1.165, 1.54) is 11.0 Å². The van der Waals surface area contributed by atoms with Crippen LogP contribution in [0.4, 0.5) is 0 Å². The Bertz CT molecular complexity index is 1010. The molecule has 0 bridgehead atoms. The third-order valence-corrected chi connectivity index (χ3v) is 5.85. The standard InChI is InChI=1S/C22H35N5O3/c1-14(2)10-25-13-23-20-19(25)21(29)27(22(30)26(20)11-15(3)4)12-18(28)24-17-9-7-6-8-16(17)5/h13-17H,6-12H2,1-5H3,(H,24,28)/t16-,17+/m0/s1. The minimum atomic E-state index is -0.470. The van der Waals surface area contributed by atoms with E-state index in [0.29, 0.717) is 36.1 Å². The van der Waals surface area contributed by atoms with E-state index < -0.39 is 11.2 Å². The van der Waals surface area contributed by atoms with Crippen molar-refractivity contribution in [2.24, 2.45) is 17.8 Å². The summed E-state index contributed by atoms with van der Waals surface area (Å²) >= 11 is 0. The molecule has 2 heterocycles. The number of fused-ring (bicyclic) bond motifs is 1. The molecule has 0 radical (unpaired) electrons. The fourth-order valence-corrected chi connectivity index (χ4v) is 4.37. The molecule has 1 amide bonds. The Balaban J connectivity index is 2.01. The first-order valence-electron chi connectivity index (χ1n) is 11.2. The number of imidazole rings is 1. The number of nitrogens with zero attached hydrogens (tertiary/aromatic N) is 4. The van der Waals surface area contributed by atoms with Crippen LogP contribution in [0.2, 0.25) is 0 Å². The largest absolute Gasteiger partial charge is 0.352 e. The molecule has 2 aromatic rings. The van der Waals surface area contributed by atoms with Gasteiger partial charge in [-0.25, -0.2) is 14.3 Å². The summed E-state index contributed by atoms with van der Waals surface area (Å²) in [6.07, 6.45) is 5.93. The summed E-state index contributed by atoms with van der Waals surface area (Å²) < 4.78 is 4.41. The van der Waals surface area contributed by atoms with Gasteiger partial charge in [0.1, 0.15) is 6.54 Å². The molecule has 0 saturated heterocycles. The minimum Gasteiger partial charge on any atom is -0.352 e. The van der Waals surface area contributed by atoms with Crippen LogP contribution in [-0.2, 0) is 24.4 Å². The highest BCUT2D eigenvalue weighted by molar-refractivity contribution is 5.77. The molecule has 0 unspecified atom stereocenters. The second kappa shape index (κ2) is 9.18. The van der Waals surface area contributed by atoms with Crippen molar-refractivity contribution < 1.29 is 4.79 Å². The van der Waals surface area contributed by atoms with Crippen LogP contribution >= 0.6 is 0 Å². The molecule has 3 rings (SSSR count). The molecule has 0 spiro atoms. The zero-order chi connectivity index (χ0) is 22.0. The van der Waals surface area contributed by atoms with Crippen LogP contribution in [0.25, 0.3) is 11.2 Å². The first-order valence-corrected chi connectivity index (χ1v) is 11.2. The highest BCUT2D eigenvalue weighted by Crippen LogP contribution is 2.23. The summed E-state index contributed by atoms with van der Waals surface area (Å²) in [5, 5.41) is 3.05. The smallest absolute Gasteiger partial charge is 0.333 e. The highest BCUT2D eigenvalue weighted by Gasteiger charge is 2.25. The lowest BCUT2D eigenvalue weighted by atomic mass is 9.86. The van der Waals surface area contributed by atoms with Crippen molar-refractivity contribution in [3.63, 3.8) is 0 Å². The van der Waals surface area contributed by atoms with Crippen LogP contribution in [0, 0.1) is 17.8 Å². The maximum absolute atomic E-state index is 13.3. The third kappa shape index (κ3) is 4.68. The summed E-state index contributed by atoms with van der Waals surface area (Å²) in [6.45, 7) is 11.1. The van der Waals surface area contributed by atoms with Gasteiger partial charge in [0.15, 0.2) is 11.2 Å². The Morgan fingerprint density at radius 3 is 2.40 bits per heavy atom. The molecule has 1 N–H and O–H groups in total. The van der Waals surface area contributed by atoms with Gasteiger partial charge in [-0.1, -0.05) is 47.5 Å². The van der Waals surface area contributed by atoms with Crippen LogP contribution in [0.1, 0.15) is 60.3 Å². The summed E-state index contributed by atoms with van der Waals surface area (Å²) in [5.41, 5.74) is -0.123. The molecule has 1 aliphatic rings. The van der Waals surface area contributed by atoms with Crippen molar-refractivity contribution >= 4 is 17.1 Å². The van der Waals surface area contributed by atoms with Crippen LogP contribution in [0.3, 0.4) is 0 Å². The first-order chi connectivity index (χ1) is 14.2. The Kier molecular flexibility index (Phi) is 6.83. The van der Waals surface area contributed by atoms with Gasteiger partial charge in [0.2, 0.25) is 5.91 Å². The number of aromatic nitrogens is 4. The summed E-state index contributed by atoms with van der Waals surface area (Å²) in [5.74, 6) is 0.645. The zero-order valence-corrected chi connectivity index (χ0v) is 18.9. The second-order valence-electron chi connectivity index (χ2n) is 9.58. The molecule has 2 atom stereocenters. The van der Waals surface area contributed by atoms with Gasteiger partial charge < -0.3 is 9.88 Å². The Morgan fingerprint density at radius 2 is 1.77 bits per heavy atom. The molecule has 8 nitrogen and oxygen atoms in total. The maximum atomic E-state index is 13.3. The van der Waals surface area contributed by atoms with Gasteiger partial charge in [-0.2, -0.15) is 0 Å². The lowest BCUT2D eigenvalue weighted by Gasteiger charge is -2.29. The number of rotatable bonds is 7. The molecule has 0 aromatic carbocycles. The Hall–Kier alpha value is -2.38. The number of hydrogen-bond acceptors (Lipinski definition) is 4. The fraction of sp³-hybridized carbons (Fsp3) is 0.727. The lowest BCUT2D eigenvalue weighted by molar-refractivity contribution is -0.123. The number of nitrogens with one attached hydrogen (secondary N) is 1. The zero-order valence-electron chi connectivity index (χ0n) is 18.9. The average molecular weight is 418 g/mol. The number of amides is 1. The predicted octanol–water partition coefficient (Wildman–Crippen LogP) is 2.37. The van der Waals surface area contributed by atoms with E-state index in [9.17, 15) is 14.4 Å². The normalized spacial score (nSPS) is 19.7. The van der Waals surface area contributed by atoms with Crippen molar-refractivity contribution in [1.82, 2.24) is 24.0 Å². The van der Waals surface area contributed by atoms with E-state index in [4.69, 9.17) is 0 Å². The maximum Gasteiger partial charge on any atom is 0.333 e. The van der Waals surface area contributed by atoms with Gasteiger partial charge >= 0.3 is 5.69 Å². The van der Waals surface area contributed by atoms with Crippen LogP contribution in [0.5, 0.6) is 0 Å². The Labute approximate surface area is 177 Å². The van der Waals surface area contributed by atoms with Crippen LogP contribution < -0.4 is 16.6 Å². The Morgan fingerprint density at radius 1 is 1.10 bits per heavy atom. The van der Waals surface area contributed by atoms with E-state index in [1.807, 2.05) is 13.8 Å². The average Bonchev–Trinajstić information content (AvgIpc) is 3.07. The second-order valence-corrected chi connectivity index (χ2v) is 9.58. The SMILES string of the molecule is CC(C)Cn1cnc2c1c(=O)n(CC(=O)N[C@@H]1CCCC[C@@H]1C)c(=O)n2CC(C)C. The first kappa shape index (κ1) is 22.3. The predicted molar refractivity (Wildman–Crippen MR) is 117 cm³/mol. The number of carbonyl (C=O) groups is 1. The van der Waals surface area contributed by atoms with E-state index in [1.54, 1.807) is 10.9 Å². The molecule has 1 saturated carbocycles. The minimum absolute atomic E-state index is 0.107. The molecule has 1 aliphatic carbocycles. The molecule has 0 aliphatic heterocycles. The van der Waals surface area contributed by atoms with Crippen molar-refractivity contribution in [3.05, 3.63) is 27.2 Å². The van der Waals surface area contributed by atoms with E-state index >= 15 is 0 Å². The molecule has 30 heavy (non-hydrogen) atoms. The van der Waals surface area contributed by atoms with Gasteiger partial charge in [0.05, 0.1) is 6.33 Å². The summed E-state index contributed by atoms with van der Waals surface area (Å²) in [4.78, 5) is 43.6.